The number of rotatable bonds is 9. The molecule has 1 atom stereocenters. The molecule has 128 valence electrons. The molecule has 0 bridgehead atoms. The molecule has 0 saturated carbocycles. The fourth-order valence-electron chi connectivity index (χ4n) is 1.83. The highest BCUT2D eigenvalue weighted by Gasteiger charge is 2.13. The van der Waals surface area contributed by atoms with Crippen LogP contribution in [0.3, 0.4) is 0 Å². The number of hydrogen-bond acceptors (Lipinski definition) is 4. The van der Waals surface area contributed by atoms with Crippen LogP contribution in [0.15, 0.2) is 24.3 Å². The predicted molar refractivity (Wildman–Crippen MR) is 92.3 cm³/mol. The van der Waals surface area contributed by atoms with Crippen LogP contribution in [-0.4, -0.2) is 25.5 Å². The normalized spacial score (nSPS) is 11.9. The monoisotopic (exact) mass is 360 g/mol. The molecule has 0 N–H and O–H groups in total. The quantitative estimate of drug-likeness (QED) is 0.274. The summed E-state index contributed by atoms with van der Waals surface area (Å²) in [5, 5.41) is 0.898. The van der Waals surface area contributed by atoms with Crippen LogP contribution >= 0.6 is 23.2 Å². The lowest BCUT2D eigenvalue weighted by atomic mass is 10.1. The number of hydrogen-bond donors (Lipinski definition) is 0. The van der Waals surface area contributed by atoms with Crippen LogP contribution in [0.25, 0.3) is 0 Å². The van der Waals surface area contributed by atoms with Gasteiger partial charge in [0.05, 0.1) is 16.7 Å². The molecule has 0 aliphatic rings. The third-order valence-corrected chi connectivity index (χ3v) is 3.46. The summed E-state index contributed by atoms with van der Waals surface area (Å²) in [6.07, 6.45) is 1.33. The molecular formula is C17H22Cl2O4. The van der Waals surface area contributed by atoms with E-state index in [2.05, 4.69) is 13.5 Å². The fraction of sp³-hybridized carbons (Fsp3) is 0.471. The second-order valence-corrected chi connectivity index (χ2v) is 5.93. The van der Waals surface area contributed by atoms with E-state index in [0.29, 0.717) is 21.4 Å². The van der Waals surface area contributed by atoms with Crippen LogP contribution in [-0.2, 0) is 20.7 Å². The highest BCUT2D eigenvalue weighted by atomic mass is 35.5. The second kappa shape index (κ2) is 9.81. The third kappa shape index (κ3) is 6.81. The van der Waals surface area contributed by atoms with E-state index < -0.39 is 12.3 Å². The average Bonchev–Trinajstić information content (AvgIpc) is 2.47. The molecule has 0 amide bonds. The molecule has 1 aromatic carbocycles. The largest absolute Gasteiger partial charge is 0.462 e. The molecule has 0 heterocycles. The van der Waals surface area contributed by atoms with Crippen molar-refractivity contribution in [2.45, 2.75) is 39.9 Å². The number of halogens is 2. The molecule has 1 rings (SSSR count). The number of aryl methyl sites for hydroxylation is 1. The molecular weight excluding hydrogens is 339 g/mol. The molecule has 0 aliphatic heterocycles. The fourth-order valence-corrected chi connectivity index (χ4v) is 2.45. The van der Waals surface area contributed by atoms with Gasteiger partial charge in [-0.2, -0.15) is 0 Å². The van der Waals surface area contributed by atoms with Crippen LogP contribution in [0.5, 0.6) is 5.75 Å². The van der Waals surface area contributed by atoms with Crippen molar-refractivity contribution < 1.29 is 19.0 Å². The molecule has 0 fully saturated rings. The Bertz CT molecular complexity index is 535. The van der Waals surface area contributed by atoms with Gasteiger partial charge in [-0.25, -0.2) is 4.79 Å². The Morgan fingerprint density at radius 1 is 1.26 bits per heavy atom. The zero-order chi connectivity index (χ0) is 17.4. The Balaban J connectivity index is 2.49. The second-order valence-electron chi connectivity index (χ2n) is 5.11. The van der Waals surface area contributed by atoms with Crippen LogP contribution in [0, 0.1) is 0 Å². The molecule has 0 spiro atoms. The Kier molecular flexibility index (Phi) is 8.45. The van der Waals surface area contributed by atoms with Gasteiger partial charge in [0.25, 0.3) is 0 Å². The Labute approximate surface area is 147 Å². The zero-order valence-corrected chi connectivity index (χ0v) is 15.2. The van der Waals surface area contributed by atoms with E-state index >= 15 is 0 Å². The van der Waals surface area contributed by atoms with E-state index in [1.165, 1.54) is 0 Å². The summed E-state index contributed by atoms with van der Waals surface area (Å²) < 4.78 is 16.0. The summed E-state index contributed by atoms with van der Waals surface area (Å²) in [4.78, 5) is 11.2. The lowest BCUT2D eigenvalue weighted by Gasteiger charge is -2.18. The van der Waals surface area contributed by atoms with Gasteiger partial charge in [-0.05, 0) is 38.0 Å². The minimum atomic E-state index is -0.578. The van der Waals surface area contributed by atoms with Gasteiger partial charge in [-0.1, -0.05) is 43.1 Å². The minimum Gasteiger partial charge on any atom is -0.462 e. The first-order chi connectivity index (χ1) is 10.8. The molecule has 1 aromatic rings. The summed E-state index contributed by atoms with van der Waals surface area (Å²) >= 11 is 12.4. The molecule has 0 aromatic heterocycles. The number of ether oxygens (including phenoxy) is 3. The molecule has 4 nitrogen and oxygen atoms in total. The van der Waals surface area contributed by atoms with Gasteiger partial charge in [-0.3, -0.25) is 0 Å². The van der Waals surface area contributed by atoms with Crippen molar-refractivity contribution in [3.05, 3.63) is 39.9 Å². The molecule has 23 heavy (non-hydrogen) atoms. The first-order valence-electron chi connectivity index (χ1n) is 7.44. The van der Waals surface area contributed by atoms with Crippen molar-refractivity contribution in [3.63, 3.8) is 0 Å². The Morgan fingerprint density at radius 2 is 1.87 bits per heavy atom. The molecule has 6 heteroatoms. The van der Waals surface area contributed by atoms with Crippen molar-refractivity contribution in [1.82, 2.24) is 0 Å². The highest BCUT2D eigenvalue weighted by molar-refractivity contribution is 6.37. The van der Waals surface area contributed by atoms with Crippen LogP contribution in [0.2, 0.25) is 10.0 Å². The number of esters is 1. The first kappa shape index (κ1) is 19.8. The van der Waals surface area contributed by atoms with Crippen LogP contribution in [0.1, 0.15) is 32.8 Å². The maximum absolute atomic E-state index is 11.2. The van der Waals surface area contributed by atoms with E-state index in [0.717, 1.165) is 18.4 Å². The minimum absolute atomic E-state index is 0.121. The van der Waals surface area contributed by atoms with Crippen molar-refractivity contribution in [3.8, 4) is 5.75 Å². The van der Waals surface area contributed by atoms with Crippen LogP contribution in [0.4, 0.5) is 0 Å². The zero-order valence-electron chi connectivity index (χ0n) is 13.7. The van der Waals surface area contributed by atoms with Crippen molar-refractivity contribution in [1.29, 1.82) is 0 Å². The number of carbonyl (C=O) groups is 1. The van der Waals surface area contributed by atoms with Gasteiger partial charge < -0.3 is 14.2 Å². The van der Waals surface area contributed by atoms with E-state index in [9.17, 15) is 4.79 Å². The number of carbonyl (C=O) groups excluding carboxylic acids is 1. The van der Waals surface area contributed by atoms with E-state index in [1.54, 1.807) is 13.8 Å². The Hall–Kier alpha value is -1.23. The van der Waals surface area contributed by atoms with E-state index in [1.807, 2.05) is 12.1 Å². The third-order valence-electron chi connectivity index (χ3n) is 2.90. The van der Waals surface area contributed by atoms with Gasteiger partial charge in [0.1, 0.15) is 6.61 Å². The van der Waals surface area contributed by atoms with Crippen molar-refractivity contribution in [2.75, 3.05) is 13.2 Å². The smallest absolute Gasteiger partial charge is 0.333 e. The molecule has 1 unspecified atom stereocenters. The van der Waals surface area contributed by atoms with Crippen molar-refractivity contribution >= 4 is 29.2 Å². The SMILES string of the molecule is C=C(C)C(=O)OCCOC(C)Oc1c(Cl)cc(CCC)cc1Cl. The highest BCUT2D eigenvalue weighted by Crippen LogP contribution is 2.35. The lowest BCUT2D eigenvalue weighted by Crippen LogP contribution is -2.20. The standard InChI is InChI=1S/C17H22Cl2O4/c1-5-6-13-9-14(18)16(15(19)10-13)23-12(4)21-7-8-22-17(20)11(2)3/h9-10,12H,2,5-8H2,1,3-4H3. The van der Waals surface area contributed by atoms with Gasteiger partial charge in [0, 0.05) is 5.57 Å². The number of benzene rings is 1. The summed E-state index contributed by atoms with van der Waals surface area (Å²) in [6, 6.07) is 3.68. The maximum atomic E-state index is 11.2. The van der Waals surface area contributed by atoms with Crippen LogP contribution < -0.4 is 4.74 Å². The van der Waals surface area contributed by atoms with E-state index in [-0.39, 0.29) is 13.2 Å². The Morgan fingerprint density at radius 3 is 2.39 bits per heavy atom. The van der Waals surface area contributed by atoms with Gasteiger partial charge >= 0.3 is 5.97 Å². The van der Waals surface area contributed by atoms with Crippen molar-refractivity contribution in [2.24, 2.45) is 0 Å². The predicted octanol–water partition coefficient (Wildman–Crippen LogP) is 4.81. The lowest BCUT2D eigenvalue weighted by molar-refractivity contribution is -0.143. The molecule has 0 radical (unpaired) electrons. The summed E-state index contributed by atoms with van der Waals surface area (Å²) in [6.45, 7) is 9.20. The molecule has 0 saturated heterocycles. The van der Waals surface area contributed by atoms with Gasteiger partial charge in [0.15, 0.2) is 12.0 Å². The maximum Gasteiger partial charge on any atom is 0.333 e. The summed E-state index contributed by atoms with van der Waals surface area (Å²) in [5.41, 5.74) is 1.41. The van der Waals surface area contributed by atoms with Gasteiger partial charge in [-0.15, -0.1) is 0 Å². The summed E-state index contributed by atoms with van der Waals surface area (Å²) in [5.74, 6) is -0.0561. The average molecular weight is 361 g/mol. The topological polar surface area (TPSA) is 44.8 Å². The summed E-state index contributed by atoms with van der Waals surface area (Å²) in [7, 11) is 0. The first-order valence-corrected chi connectivity index (χ1v) is 8.19. The molecule has 0 aliphatic carbocycles. The van der Waals surface area contributed by atoms with E-state index in [4.69, 9.17) is 37.4 Å². The van der Waals surface area contributed by atoms with Gasteiger partial charge in [0.2, 0.25) is 0 Å².